The van der Waals surface area contributed by atoms with E-state index in [1.807, 2.05) is 12.1 Å². The number of rotatable bonds is 11. The van der Waals surface area contributed by atoms with Crippen molar-refractivity contribution in [3.8, 4) is 0 Å². The molecule has 4 rings (SSSR count). The zero-order valence-electron chi connectivity index (χ0n) is 18.9. The number of ketones is 1. The quantitative estimate of drug-likeness (QED) is 0.222. The van der Waals surface area contributed by atoms with Crippen molar-refractivity contribution in [2.24, 2.45) is 0 Å². The highest BCUT2D eigenvalue weighted by molar-refractivity contribution is 7.99. The van der Waals surface area contributed by atoms with Gasteiger partial charge in [0.25, 0.3) is 0 Å². The van der Waals surface area contributed by atoms with Crippen molar-refractivity contribution in [2.45, 2.75) is 37.9 Å². The van der Waals surface area contributed by atoms with Crippen molar-refractivity contribution in [3.63, 3.8) is 0 Å². The van der Waals surface area contributed by atoms with E-state index in [1.54, 1.807) is 47.4 Å². The lowest BCUT2D eigenvalue weighted by molar-refractivity contribution is -0.115. The molecule has 0 fully saturated rings. The van der Waals surface area contributed by atoms with Crippen LogP contribution < -0.4 is 5.32 Å². The number of hydrogen-bond acceptors (Lipinski definition) is 6. The van der Waals surface area contributed by atoms with Gasteiger partial charge in [-0.05, 0) is 54.6 Å². The van der Waals surface area contributed by atoms with Crippen LogP contribution >= 0.6 is 23.1 Å². The molecule has 6 nitrogen and oxygen atoms in total. The molecule has 4 aromatic rings. The molecule has 0 atom stereocenters. The average molecular weight is 491 g/mol. The summed E-state index contributed by atoms with van der Waals surface area (Å²) in [5.74, 6) is 1.47. The van der Waals surface area contributed by atoms with E-state index in [1.165, 1.54) is 17.4 Å². The Labute approximate surface area is 207 Å². The molecule has 0 aliphatic heterocycles. The highest BCUT2D eigenvalue weighted by Crippen LogP contribution is 2.22. The smallest absolute Gasteiger partial charge is 0.225 e. The van der Waals surface area contributed by atoms with E-state index in [4.69, 9.17) is 0 Å². The van der Waals surface area contributed by atoms with Crippen LogP contribution in [0.3, 0.4) is 0 Å². The summed E-state index contributed by atoms with van der Waals surface area (Å²) in [4.78, 5) is 25.0. The molecule has 2 aromatic heterocycles. The van der Waals surface area contributed by atoms with E-state index in [0.29, 0.717) is 23.4 Å². The van der Waals surface area contributed by atoms with Gasteiger partial charge in [0.2, 0.25) is 5.91 Å². The molecule has 0 unspecified atom stereocenters. The second-order valence-electron chi connectivity index (χ2n) is 7.82. The molecule has 0 radical (unpaired) electrons. The molecule has 0 bridgehead atoms. The van der Waals surface area contributed by atoms with Gasteiger partial charge in [-0.2, -0.15) is 0 Å². The Bertz CT molecular complexity index is 1220. The largest absolute Gasteiger partial charge is 0.326 e. The number of thioether (sulfide) groups is 1. The third-order valence-corrected chi connectivity index (χ3v) is 7.15. The zero-order chi connectivity index (χ0) is 23.8. The van der Waals surface area contributed by atoms with Crippen molar-refractivity contribution in [1.82, 2.24) is 14.8 Å². The number of aryl methyl sites for hydroxylation is 1. The molecule has 8 heteroatoms. The van der Waals surface area contributed by atoms with Crippen LogP contribution in [0.2, 0.25) is 0 Å². The molecule has 34 heavy (non-hydrogen) atoms. The van der Waals surface area contributed by atoms with Gasteiger partial charge in [0.15, 0.2) is 10.9 Å². The number of nitrogens with zero attached hydrogens (tertiary/aromatic N) is 3. The van der Waals surface area contributed by atoms with Gasteiger partial charge in [0.1, 0.15) is 5.82 Å². The number of carbonyl (C=O) groups is 2. The maximum absolute atomic E-state index is 12.4. The second-order valence-corrected chi connectivity index (χ2v) is 9.92. The van der Waals surface area contributed by atoms with Crippen LogP contribution in [0, 0.1) is 0 Å². The number of carbonyl (C=O) groups excluding carboxylic acids is 2. The molecule has 1 amide bonds. The second kappa shape index (κ2) is 11.8. The number of anilines is 1. The standard InChI is InChI=1S/C26H26N4O2S2/c1-19(31)21-9-11-22(12-10-21)27-25(32)14-17-34-26-29-28-24(18-23-8-5-16-33-23)30(26)15-13-20-6-3-2-4-7-20/h2-12,16H,13-15,17-18H2,1H3,(H,27,32). The topological polar surface area (TPSA) is 76.9 Å². The van der Waals surface area contributed by atoms with Gasteiger partial charge in [-0.1, -0.05) is 48.2 Å². The van der Waals surface area contributed by atoms with E-state index < -0.39 is 0 Å². The van der Waals surface area contributed by atoms with Crippen molar-refractivity contribution in [2.75, 3.05) is 11.1 Å². The van der Waals surface area contributed by atoms with Crippen molar-refractivity contribution < 1.29 is 9.59 Å². The van der Waals surface area contributed by atoms with Crippen LogP contribution in [-0.4, -0.2) is 32.2 Å². The molecule has 2 heterocycles. The summed E-state index contributed by atoms with van der Waals surface area (Å²) in [6, 6.07) is 21.5. The number of hydrogen-bond donors (Lipinski definition) is 1. The third kappa shape index (κ3) is 6.65. The number of benzene rings is 2. The fourth-order valence-corrected chi connectivity index (χ4v) is 5.11. The lowest BCUT2D eigenvalue weighted by Gasteiger charge is -2.10. The normalized spacial score (nSPS) is 10.9. The minimum atomic E-state index is -0.0720. The Balaban J connectivity index is 1.36. The number of thiophene rings is 1. The van der Waals surface area contributed by atoms with Gasteiger partial charge in [0.05, 0.1) is 0 Å². The lowest BCUT2D eigenvalue weighted by atomic mass is 10.1. The van der Waals surface area contributed by atoms with Crippen LogP contribution in [0.5, 0.6) is 0 Å². The van der Waals surface area contributed by atoms with Gasteiger partial charge in [-0.3, -0.25) is 9.59 Å². The fourth-order valence-electron chi connectivity index (χ4n) is 3.48. The Morgan fingerprint density at radius 3 is 2.50 bits per heavy atom. The van der Waals surface area contributed by atoms with Gasteiger partial charge in [-0.25, -0.2) is 0 Å². The summed E-state index contributed by atoms with van der Waals surface area (Å²) >= 11 is 3.26. The lowest BCUT2D eigenvalue weighted by Crippen LogP contribution is -2.13. The first-order chi connectivity index (χ1) is 16.6. The monoisotopic (exact) mass is 490 g/mol. The average Bonchev–Trinajstić information content (AvgIpc) is 3.49. The van der Waals surface area contributed by atoms with Crippen molar-refractivity contribution in [3.05, 3.63) is 93.9 Å². The summed E-state index contributed by atoms with van der Waals surface area (Å²) in [7, 11) is 0. The molecule has 0 spiro atoms. The maximum atomic E-state index is 12.4. The van der Waals surface area contributed by atoms with Gasteiger partial charge >= 0.3 is 0 Å². The highest BCUT2D eigenvalue weighted by atomic mass is 32.2. The number of nitrogens with one attached hydrogen (secondary N) is 1. The summed E-state index contributed by atoms with van der Waals surface area (Å²) in [5, 5.41) is 14.7. The van der Waals surface area contributed by atoms with E-state index >= 15 is 0 Å². The predicted octanol–water partition coefficient (Wildman–Crippen LogP) is 5.50. The minimum absolute atomic E-state index is 0.00380. The number of Topliss-reactive ketones (excluding diaryl/α,β-unsaturated/α-hetero) is 1. The molecular weight excluding hydrogens is 464 g/mol. The molecule has 0 aliphatic carbocycles. The molecule has 174 valence electrons. The third-order valence-electron chi connectivity index (χ3n) is 5.31. The number of amides is 1. The fraction of sp³-hybridized carbons (Fsp3) is 0.231. The van der Waals surface area contributed by atoms with Crippen LogP contribution in [0.15, 0.2) is 77.3 Å². The zero-order valence-corrected chi connectivity index (χ0v) is 20.6. The molecular formula is C26H26N4O2S2. The first-order valence-corrected chi connectivity index (χ1v) is 13.0. The van der Waals surface area contributed by atoms with E-state index in [9.17, 15) is 9.59 Å². The first-order valence-electron chi connectivity index (χ1n) is 11.1. The minimum Gasteiger partial charge on any atom is -0.326 e. The van der Waals surface area contributed by atoms with Crippen LogP contribution in [0.1, 0.15) is 40.0 Å². The van der Waals surface area contributed by atoms with Gasteiger partial charge in [-0.15, -0.1) is 21.5 Å². The molecule has 0 saturated heterocycles. The Kier molecular flexibility index (Phi) is 8.27. The summed E-state index contributed by atoms with van der Waals surface area (Å²) < 4.78 is 2.18. The van der Waals surface area contributed by atoms with Crippen molar-refractivity contribution in [1.29, 1.82) is 0 Å². The summed E-state index contributed by atoms with van der Waals surface area (Å²) in [5.41, 5.74) is 2.58. The van der Waals surface area contributed by atoms with E-state index in [0.717, 1.165) is 30.4 Å². The van der Waals surface area contributed by atoms with Gasteiger partial charge in [0, 0.05) is 41.3 Å². The Morgan fingerprint density at radius 2 is 1.79 bits per heavy atom. The molecule has 2 aromatic carbocycles. The highest BCUT2D eigenvalue weighted by Gasteiger charge is 2.14. The first kappa shape index (κ1) is 23.9. The summed E-state index contributed by atoms with van der Waals surface area (Å²) in [6.45, 7) is 2.31. The molecule has 1 N–H and O–H groups in total. The SMILES string of the molecule is CC(=O)c1ccc(NC(=O)CCSc2nnc(Cc3cccs3)n2CCc2ccccc2)cc1. The van der Waals surface area contributed by atoms with Crippen LogP contribution in [-0.2, 0) is 24.2 Å². The molecule has 0 saturated carbocycles. The van der Waals surface area contributed by atoms with Crippen LogP contribution in [0.4, 0.5) is 5.69 Å². The van der Waals surface area contributed by atoms with Crippen molar-refractivity contribution >= 4 is 40.5 Å². The number of aromatic nitrogens is 3. The molecule has 0 aliphatic rings. The van der Waals surface area contributed by atoms with Crippen LogP contribution in [0.25, 0.3) is 0 Å². The Hall–Kier alpha value is -3.23. The van der Waals surface area contributed by atoms with E-state index in [2.05, 4.69) is 55.8 Å². The van der Waals surface area contributed by atoms with Gasteiger partial charge < -0.3 is 9.88 Å². The Morgan fingerprint density at radius 1 is 1.00 bits per heavy atom. The van der Waals surface area contributed by atoms with E-state index in [-0.39, 0.29) is 11.7 Å². The summed E-state index contributed by atoms with van der Waals surface area (Å²) in [6.07, 6.45) is 1.99. The predicted molar refractivity (Wildman–Crippen MR) is 138 cm³/mol. The maximum Gasteiger partial charge on any atom is 0.225 e.